The maximum Gasteiger partial charge on any atom is 0.128 e. The van der Waals surface area contributed by atoms with Gasteiger partial charge in [0, 0.05) is 37.7 Å². The van der Waals surface area contributed by atoms with Crippen molar-refractivity contribution in [1.29, 1.82) is 0 Å². The molecule has 94 valence electrons. The van der Waals surface area contributed by atoms with Crippen molar-refractivity contribution in [2.75, 3.05) is 11.4 Å². The van der Waals surface area contributed by atoms with Crippen molar-refractivity contribution in [3.63, 3.8) is 0 Å². The maximum absolute atomic E-state index is 4.46. The van der Waals surface area contributed by atoms with Crippen molar-refractivity contribution in [2.45, 2.75) is 32.4 Å². The van der Waals surface area contributed by atoms with E-state index in [1.165, 1.54) is 12.8 Å². The Labute approximate surface area is 107 Å². The largest absolute Gasteiger partial charge is 0.352 e. The average Bonchev–Trinajstić information content (AvgIpc) is 3.01. The first-order chi connectivity index (χ1) is 8.84. The fraction of sp³-hybridized carbons (Fsp3) is 0.429. The maximum atomic E-state index is 4.46. The molecule has 0 aliphatic carbocycles. The number of pyridine rings is 1. The van der Waals surface area contributed by atoms with E-state index in [-0.39, 0.29) is 0 Å². The second kappa shape index (κ2) is 4.80. The topological polar surface area (TPSA) is 34.0 Å². The molecular weight excluding hydrogens is 224 g/mol. The molecule has 1 unspecified atom stereocenters. The molecule has 0 aromatic carbocycles. The molecule has 1 fully saturated rings. The second-order valence-corrected chi connectivity index (χ2v) is 4.80. The zero-order valence-corrected chi connectivity index (χ0v) is 10.7. The highest BCUT2D eigenvalue weighted by atomic mass is 15.2. The third kappa shape index (κ3) is 2.10. The fourth-order valence-corrected chi connectivity index (χ4v) is 2.67. The number of imidazole rings is 1. The van der Waals surface area contributed by atoms with Gasteiger partial charge >= 0.3 is 0 Å². The second-order valence-electron chi connectivity index (χ2n) is 4.80. The smallest absolute Gasteiger partial charge is 0.128 e. The Morgan fingerprint density at radius 1 is 1.28 bits per heavy atom. The molecule has 1 aliphatic rings. The van der Waals surface area contributed by atoms with E-state index in [2.05, 4.69) is 44.7 Å². The molecule has 1 aliphatic heterocycles. The van der Waals surface area contributed by atoms with Gasteiger partial charge in [0.05, 0.1) is 0 Å². The van der Waals surface area contributed by atoms with Crippen LogP contribution in [-0.2, 0) is 6.54 Å². The van der Waals surface area contributed by atoms with Crippen LogP contribution in [0.1, 0.15) is 18.7 Å². The lowest BCUT2D eigenvalue weighted by Gasteiger charge is -2.26. The van der Waals surface area contributed by atoms with E-state index in [1.807, 2.05) is 18.5 Å². The van der Waals surface area contributed by atoms with Crippen LogP contribution in [0.15, 0.2) is 36.8 Å². The van der Waals surface area contributed by atoms with Gasteiger partial charge in [-0.3, -0.25) is 0 Å². The predicted molar refractivity (Wildman–Crippen MR) is 71.6 cm³/mol. The van der Waals surface area contributed by atoms with Crippen LogP contribution in [0.25, 0.3) is 0 Å². The Hall–Kier alpha value is -1.84. The molecule has 2 aromatic rings. The van der Waals surface area contributed by atoms with Gasteiger partial charge in [0.1, 0.15) is 11.6 Å². The third-order valence-electron chi connectivity index (χ3n) is 3.65. The van der Waals surface area contributed by atoms with Gasteiger partial charge in [-0.15, -0.1) is 0 Å². The number of aromatic nitrogens is 3. The van der Waals surface area contributed by atoms with Gasteiger partial charge in [-0.1, -0.05) is 6.07 Å². The van der Waals surface area contributed by atoms with Crippen molar-refractivity contribution < 1.29 is 0 Å². The first-order valence-corrected chi connectivity index (χ1v) is 6.50. The molecule has 0 amide bonds. The molecule has 18 heavy (non-hydrogen) atoms. The van der Waals surface area contributed by atoms with Gasteiger partial charge in [-0.25, -0.2) is 9.97 Å². The summed E-state index contributed by atoms with van der Waals surface area (Å²) < 4.78 is 2.23. The first-order valence-electron chi connectivity index (χ1n) is 6.50. The molecule has 0 saturated carbocycles. The minimum Gasteiger partial charge on any atom is -0.352 e. The molecule has 1 atom stereocenters. The van der Waals surface area contributed by atoms with Gasteiger partial charge < -0.3 is 9.47 Å². The number of anilines is 1. The van der Waals surface area contributed by atoms with Crippen LogP contribution in [0.4, 0.5) is 5.82 Å². The Balaban J connectivity index is 1.78. The number of hydrogen-bond acceptors (Lipinski definition) is 3. The van der Waals surface area contributed by atoms with Crippen molar-refractivity contribution >= 4 is 5.82 Å². The zero-order valence-electron chi connectivity index (χ0n) is 10.7. The van der Waals surface area contributed by atoms with Crippen molar-refractivity contribution in [3.05, 3.63) is 42.6 Å². The summed E-state index contributed by atoms with van der Waals surface area (Å²) in [7, 11) is 0. The van der Waals surface area contributed by atoms with Gasteiger partial charge in [0.25, 0.3) is 0 Å². The fourth-order valence-electron chi connectivity index (χ4n) is 2.67. The highest BCUT2D eigenvalue weighted by Gasteiger charge is 2.25. The number of rotatable bonds is 3. The number of aryl methyl sites for hydroxylation is 1. The van der Waals surface area contributed by atoms with E-state index < -0.39 is 0 Å². The predicted octanol–water partition coefficient (Wildman–Crippen LogP) is 2.26. The van der Waals surface area contributed by atoms with Gasteiger partial charge in [0.2, 0.25) is 0 Å². The lowest BCUT2D eigenvalue weighted by atomic mass is 10.2. The van der Waals surface area contributed by atoms with Crippen molar-refractivity contribution in [1.82, 2.24) is 14.5 Å². The van der Waals surface area contributed by atoms with E-state index >= 15 is 0 Å². The Kier molecular flexibility index (Phi) is 3.00. The Bertz CT molecular complexity index is 506. The molecule has 2 aromatic heterocycles. The average molecular weight is 242 g/mol. The summed E-state index contributed by atoms with van der Waals surface area (Å²) in [5, 5.41) is 0. The summed E-state index contributed by atoms with van der Waals surface area (Å²) in [6.07, 6.45) is 8.27. The molecule has 0 spiro atoms. The highest BCUT2D eigenvalue weighted by Crippen LogP contribution is 2.24. The van der Waals surface area contributed by atoms with Crippen molar-refractivity contribution in [3.8, 4) is 0 Å². The van der Waals surface area contributed by atoms with Crippen molar-refractivity contribution in [2.24, 2.45) is 0 Å². The summed E-state index contributed by atoms with van der Waals surface area (Å²) in [4.78, 5) is 11.2. The summed E-state index contributed by atoms with van der Waals surface area (Å²) in [5.41, 5.74) is 0. The lowest BCUT2D eigenvalue weighted by Crippen LogP contribution is -2.33. The van der Waals surface area contributed by atoms with Crippen LogP contribution < -0.4 is 4.90 Å². The number of hydrogen-bond donors (Lipinski definition) is 0. The quantitative estimate of drug-likeness (QED) is 0.828. The van der Waals surface area contributed by atoms with Gasteiger partial charge in [-0.05, 0) is 31.9 Å². The Morgan fingerprint density at radius 2 is 2.22 bits per heavy atom. The molecular formula is C14H18N4. The van der Waals surface area contributed by atoms with E-state index in [0.717, 1.165) is 24.7 Å². The van der Waals surface area contributed by atoms with E-state index in [4.69, 9.17) is 0 Å². The molecule has 4 nitrogen and oxygen atoms in total. The summed E-state index contributed by atoms with van der Waals surface area (Å²) >= 11 is 0. The lowest BCUT2D eigenvalue weighted by molar-refractivity contribution is 0.538. The number of nitrogens with zero attached hydrogens (tertiary/aromatic N) is 4. The molecule has 1 saturated heterocycles. The zero-order chi connectivity index (χ0) is 12.4. The molecule has 0 radical (unpaired) electrons. The first kappa shape index (κ1) is 11.3. The highest BCUT2D eigenvalue weighted by molar-refractivity contribution is 5.40. The SMILES string of the molecule is Cc1nccn1CC1CCCN1c1ccccn1. The Morgan fingerprint density at radius 3 is 2.94 bits per heavy atom. The third-order valence-corrected chi connectivity index (χ3v) is 3.65. The minimum atomic E-state index is 0.535. The summed E-state index contributed by atoms with van der Waals surface area (Å²) in [5.74, 6) is 2.18. The molecule has 3 rings (SSSR count). The van der Waals surface area contributed by atoms with E-state index in [0.29, 0.717) is 6.04 Å². The van der Waals surface area contributed by atoms with Crippen LogP contribution >= 0.6 is 0 Å². The monoisotopic (exact) mass is 242 g/mol. The molecule has 0 N–H and O–H groups in total. The summed E-state index contributed by atoms with van der Waals surface area (Å²) in [6, 6.07) is 6.65. The van der Waals surface area contributed by atoms with Crippen LogP contribution in [0.5, 0.6) is 0 Å². The van der Waals surface area contributed by atoms with Gasteiger partial charge in [-0.2, -0.15) is 0 Å². The van der Waals surface area contributed by atoms with E-state index in [1.54, 1.807) is 0 Å². The minimum absolute atomic E-state index is 0.535. The van der Waals surface area contributed by atoms with Crippen LogP contribution in [-0.4, -0.2) is 27.1 Å². The molecule has 0 bridgehead atoms. The van der Waals surface area contributed by atoms with Crippen LogP contribution in [0, 0.1) is 6.92 Å². The van der Waals surface area contributed by atoms with Crippen LogP contribution in [0.3, 0.4) is 0 Å². The van der Waals surface area contributed by atoms with E-state index in [9.17, 15) is 0 Å². The van der Waals surface area contributed by atoms with Gasteiger partial charge in [0.15, 0.2) is 0 Å². The molecule has 3 heterocycles. The molecule has 4 heteroatoms. The van der Waals surface area contributed by atoms with Crippen LogP contribution in [0.2, 0.25) is 0 Å². The summed E-state index contributed by atoms with van der Waals surface area (Å²) in [6.45, 7) is 4.16. The standard InChI is InChI=1S/C14H18N4/c1-12-15-8-10-17(12)11-13-5-4-9-18(13)14-6-2-3-7-16-14/h2-3,6-8,10,13H,4-5,9,11H2,1H3. The normalized spacial score (nSPS) is 19.4.